The van der Waals surface area contributed by atoms with E-state index in [1.165, 1.54) is 30.6 Å². The van der Waals surface area contributed by atoms with Crippen molar-refractivity contribution in [2.24, 2.45) is 0 Å². The third kappa shape index (κ3) is 2.18. The van der Waals surface area contributed by atoms with Crippen LogP contribution in [0.2, 0.25) is 0 Å². The van der Waals surface area contributed by atoms with E-state index < -0.39 is 15.9 Å². The molecular weight excluding hydrogens is 258 g/mol. The van der Waals surface area contributed by atoms with Crippen molar-refractivity contribution in [1.82, 2.24) is 9.97 Å². The van der Waals surface area contributed by atoms with Gasteiger partial charge >= 0.3 is 0 Å². The second-order valence-corrected chi connectivity index (χ2v) is 5.21. The molecule has 2 N–H and O–H groups in total. The predicted molar refractivity (Wildman–Crippen MR) is 59.5 cm³/mol. The largest absolute Gasteiger partial charge is 0.530 e. The van der Waals surface area contributed by atoms with Crippen molar-refractivity contribution in [3.63, 3.8) is 0 Å². The normalized spacial score (nSPS) is 11.1. The van der Waals surface area contributed by atoms with Gasteiger partial charge in [-0.1, -0.05) is 12.1 Å². The number of carbonyl (C=O) groups excluding carboxylic acids is 1. The van der Waals surface area contributed by atoms with E-state index in [9.17, 15) is 18.3 Å². The van der Waals surface area contributed by atoms with Gasteiger partial charge in [-0.05, 0) is 12.1 Å². The summed E-state index contributed by atoms with van der Waals surface area (Å²) in [6.45, 7) is 0. The molecule has 0 bridgehead atoms. The Morgan fingerprint density at radius 3 is 2.67 bits per heavy atom. The van der Waals surface area contributed by atoms with Gasteiger partial charge in [0.25, 0.3) is 0 Å². The Morgan fingerprint density at radius 1 is 1.33 bits per heavy atom. The molecule has 0 atom stereocenters. The number of rotatable bonds is 3. The maximum atomic E-state index is 12.2. The lowest BCUT2D eigenvalue weighted by Crippen LogP contribution is -2.29. The van der Waals surface area contributed by atoms with Gasteiger partial charge in [0.2, 0.25) is 9.84 Å². The lowest BCUT2D eigenvalue weighted by atomic mass is 10.3. The molecule has 18 heavy (non-hydrogen) atoms. The van der Waals surface area contributed by atoms with Crippen LogP contribution in [0.1, 0.15) is 0 Å². The minimum Gasteiger partial charge on any atom is -0.530 e. The molecule has 8 heteroatoms. The van der Waals surface area contributed by atoms with Crippen molar-refractivity contribution < 1.29 is 18.3 Å². The van der Waals surface area contributed by atoms with Gasteiger partial charge in [0.1, 0.15) is 6.09 Å². The molecule has 2 rings (SSSR count). The van der Waals surface area contributed by atoms with Crippen molar-refractivity contribution in [3.8, 4) is 0 Å². The van der Waals surface area contributed by atoms with E-state index in [1.807, 2.05) is 5.32 Å². The van der Waals surface area contributed by atoms with Crippen LogP contribution in [0.25, 0.3) is 0 Å². The van der Waals surface area contributed by atoms with Crippen LogP contribution in [0.3, 0.4) is 0 Å². The van der Waals surface area contributed by atoms with Crippen LogP contribution in [-0.4, -0.2) is 24.5 Å². The van der Waals surface area contributed by atoms with Gasteiger partial charge in [0.05, 0.1) is 23.1 Å². The zero-order valence-electron chi connectivity index (χ0n) is 8.95. The molecule has 0 aliphatic heterocycles. The zero-order valence-corrected chi connectivity index (χ0v) is 9.77. The first-order chi connectivity index (χ1) is 8.51. The average Bonchev–Trinajstić information content (AvgIpc) is 2.82. The van der Waals surface area contributed by atoms with Gasteiger partial charge in [-0.15, -0.1) is 0 Å². The second kappa shape index (κ2) is 4.49. The third-order valence-electron chi connectivity index (χ3n) is 2.18. The number of H-pyrrole nitrogens is 1. The molecule has 0 saturated heterocycles. The Balaban J connectivity index is 2.55. The number of anilines is 1. The summed E-state index contributed by atoms with van der Waals surface area (Å²) in [6.07, 6.45) is 0.787. The highest BCUT2D eigenvalue weighted by Gasteiger charge is 2.22. The lowest BCUT2D eigenvalue weighted by molar-refractivity contribution is -0.242. The van der Waals surface area contributed by atoms with E-state index in [2.05, 4.69) is 9.97 Å². The highest BCUT2D eigenvalue weighted by atomic mass is 32.2. The fourth-order valence-corrected chi connectivity index (χ4v) is 2.73. The van der Waals surface area contributed by atoms with E-state index in [0.29, 0.717) is 0 Å². The molecule has 0 aliphatic rings. The zero-order chi connectivity index (χ0) is 13.2. The van der Waals surface area contributed by atoms with Gasteiger partial charge in [-0.25, -0.2) is 13.4 Å². The fourth-order valence-electron chi connectivity index (χ4n) is 1.42. The Labute approximate surface area is 102 Å². The molecule has 7 nitrogen and oxygen atoms in total. The van der Waals surface area contributed by atoms with Crippen LogP contribution in [0.15, 0.2) is 46.7 Å². The number of imidazole rings is 1. The molecule has 0 unspecified atom stereocenters. The molecule has 1 aromatic heterocycles. The van der Waals surface area contributed by atoms with Crippen LogP contribution >= 0.6 is 0 Å². The Morgan fingerprint density at radius 2 is 2.06 bits per heavy atom. The Hall–Kier alpha value is -2.35. The summed E-state index contributed by atoms with van der Waals surface area (Å²) in [5.41, 5.74) is -0.0629. The quantitative estimate of drug-likeness (QED) is 0.811. The third-order valence-corrected chi connectivity index (χ3v) is 3.91. The van der Waals surface area contributed by atoms with Gasteiger partial charge in [-0.2, -0.15) is 0 Å². The highest BCUT2D eigenvalue weighted by molar-refractivity contribution is 7.91. The molecule has 1 aromatic carbocycles. The van der Waals surface area contributed by atoms with E-state index in [0.717, 1.165) is 6.20 Å². The summed E-state index contributed by atoms with van der Waals surface area (Å²) in [5, 5.41) is 12.3. The lowest BCUT2D eigenvalue weighted by Gasteiger charge is -2.11. The van der Waals surface area contributed by atoms with Crippen molar-refractivity contribution in [2.75, 3.05) is 5.32 Å². The molecule has 2 aromatic rings. The maximum absolute atomic E-state index is 12.2. The summed E-state index contributed by atoms with van der Waals surface area (Å²) >= 11 is 0. The number of aromatic nitrogens is 2. The van der Waals surface area contributed by atoms with Crippen LogP contribution in [-0.2, 0) is 9.84 Å². The van der Waals surface area contributed by atoms with Crippen molar-refractivity contribution in [1.29, 1.82) is 0 Å². The number of benzene rings is 1. The number of amides is 1. The van der Waals surface area contributed by atoms with E-state index in [-0.39, 0.29) is 15.6 Å². The molecule has 0 radical (unpaired) electrons. The predicted octanol–water partition coefficient (Wildman–Crippen LogP) is -0.00230. The van der Waals surface area contributed by atoms with Crippen molar-refractivity contribution in [2.45, 2.75) is 9.92 Å². The Bertz CT molecular complexity index is 664. The number of para-hydroxylation sites is 1. The topological polar surface area (TPSA) is 115 Å². The Kier molecular flexibility index (Phi) is 3.02. The molecule has 1 amide bonds. The second-order valence-electron chi connectivity index (χ2n) is 3.33. The van der Waals surface area contributed by atoms with Crippen molar-refractivity contribution >= 4 is 21.6 Å². The van der Waals surface area contributed by atoms with Crippen LogP contribution in [0.4, 0.5) is 10.5 Å². The number of nitrogens with zero attached hydrogens (tertiary/aromatic N) is 1. The van der Waals surface area contributed by atoms with E-state index >= 15 is 0 Å². The summed E-state index contributed by atoms with van der Waals surface area (Å²) in [4.78, 5) is 16.4. The van der Waals surface area contributed by atoms with Crippen LogP contribution < -0.4 is 10.4 Å². The number of carboxylic acid groups (broad SMARTS) is 1. The molecule has 1 heterocycles. The van der Waals surface area contributed by atoms with Gasteiger partial charge in [0.15, 0.2) is 5.03 Å². The standard InChI is InChI=1S/C10H9N3O4S/c14-10(15)13-7-3-1-2-4-8(7)18(16,17)9-5-11-6-12-9/h1-6,13H,(H,11,12)(H,14,15)/p-1. The smallest absolute Gasteiger partial charge is 0.225 e. The maximum Gasteiger partial charge on any atom is 0.225 e. The molecule has 0 aliphatic carbocycles. The number of hydrogen-bond acceptors (Lipinski definition) is 5. The minimum absolute atomic E-state index is 0.0629. The number of hydrogen-bond donors (Lipinski definition) is 2. The first kappa shape index (κ1) is 12.1. The van der Waals surface area contributed by atoms with Crippen molar-refractivity contribution in [3.05, 3.63) is 36.8 Å². The number of sulfone groups is 1. The minimum atomic E-state index is -3.84. The summed E-state index contributed by atoms with van der Waals surface area (Å²) < 4.78 is 24.3. The molecule has 0 spiro atoms. The summed E-state index contributed by atoms with van der Waals surface area (Å²) in [5.74, 6) is 0. The monoisotopic (exact) mass is 266 g/mol. The summed E-state index contributed by atoms with van der Waals surface area (Å²) in [7, 11) is -3.84. The molecular formula is C10H8N3O4S-. The van der Waals surface area contributed by atoms with Crippen LogP contribution in [0.5, 0.6) is 0 Å². The molecule has 94 valence electrons. The van der Waals surface area contributed by atoms with Gasteiger partial charge < -0.3 is 20.2 Å². The summed E-state index contributed by atoms with van der Waals surface area (Å²) in [6, 6.07) is 5.63. The molecule has 0 fully saturated rings. The van der Waals surface area contributed by atoms with E-state index in [4.69, 9.17) is 0 Å². The number of carbonyl (C=O) groups is 1. The van der Waals surface area contributed by atoms with Gasteiger partial charge in [0, 0.05) is 0 Å². The number of aromatic amines is 1. The first-order valence-corrected chi connectivity index (χ1v) is 6.30. The fraction of sp³-hybridized carbons (Fsp3) is 0. The van der Waals surface area contributed by atoms with E-state index in [1.54, 1.807) is 0 Å². The number of nitrogens with one attached hydrogen (secondary N) is 2. The first-order valence-electron chi connectivity index (χ1n) is 4.82. The SMILES string of the molecule is O=C([O-])Nc1ccccc1S(=O)(=O)c1cnc[nH]1. The van der Waals surface area contributed by atoms with Gasteiger partial charge in [-0.3, -0.25) is 0 Å². The van der Waals surface area contributed by atoms with Crippen LogP contribution in [0, 0.1) is 0 Å². The average molecular weight is 266 g/mol. The molecule has 0 saturated carbocycles. The highest BCUT2D eigenvalue weighted by Crippen LogP contribution is 2.25.